The van der Waals surface area contributed by atoms with Gasteiger partial charge in [-0.1, -0.05) is 24.4 Å². The summed E-state index contributed by atoms with van der Waals surface area (Å²) in [6.07, 6.45) is 5.19. The predicted octanol–water partition coefficient (Wildman–Crippen LogP) is 4.08. The third-order valence-corrected chi connectivity index (χ3v) is 8.21. The number of nitrogens with one attached hydrogen (secondary N) is 3. The van der Waals surface area contributed by atoms with Crippen molar-refractivity contribution in [3.05, 3.63) is 68.6 Å². The average Bonchev–Trinajstić information content (AvgIpc) is 3.55. The van der Waals surface area contributed by atoms with E-state index in [1.807, 2.05) is 18.2 Å². The van der Waals surface area contributed by atoms with E-state index < -0.39 is 5.82 Å². The van der Waals surface area contributed by atoms with Gasteiger partial charge in [0, 0.05) is 49.9 Å². The van der Waals surface area contributed by atoms with E-state index in [1.165, 1.54) is 6.07 Å². The zero-order chi connectivity index (χ0) is 24.8. The van der Waals surface area contributed by atoms with Gasteiger partial charge in [-0.25, -0.2) is 4.39 Å². The highest BCUT2D eigenvalue weighted by Crippen LogP contribution is 2.37. The van der Waals surface area contributed by atoms with Crippen molar-refractivity contribution in [2.24, 2.45) is 0 Å². The topological polar surface area (TPSA) is 84.2 Å². The molecule has 1 saturated heterocycles. The number of anilines is 1. The minimum atomic E-state index is -0.474. The lowest BCUT2D eigenvalue weighted by molar-refractivity contribution is 0.0946. The molecule has 2 saturated carbocycles. The second kappa shape index (κ2) is 9.44. The lowest BCUT2D eigenvalue weighted by Gasteiger charge is -2.39. The summed E-state index contributed by atoms with van der Waals surface area (Å²) < 4.78 is 14.7. The third kappa shape index (κ3) is 4.57. The number of carbonyl (C=O) groups is 1. The molecule has 0 radical (unpaired) electrons. The quantitative estimate of drug-likeness (QED) is 0.454. The van der Waals surface area contributed by atoms with E-state index in [4.69, 9.17) is 12.2 Å². The molecule has 6 rings (SSSR count). The molecule has 2 aromatic heterocycles. The maximum absolute atomic E-state index is 14.1. The largest absolute Gasteiger partial charge is 0.367 e. The fourth-order valence-corrected chi connectivity index (χ4v) is 6.06. The number of fused-ring (bicyclic) bond motifs is 1. The summed E-state index contributed by atoms with van der Waals surface area (Å²) in [5.41, 5.74) is 2.06. The maximum atomic E-state index is 14.1. The molecule has 188 valence electrons. The number of carbonyl (C=O) groups excluding carboxylic acids is 1. The van der Waals surface area contributed by atoms with Gasteiger partial charge in [-0.05, 0) is 61.8 Å². The van der Waals surface area contributed by atoms with E-state index in [9.17, 15) is 14.0 Å². The predicted molar refractivity (Wildman–Crippen MR) is 141 cm³/mol. The van der Waals surface area contributed by atoms with Gasteiger partial charge in [0.2, 0.25) is 0 Å². The molecule has 3 aliphatic rings. The van der Waals surface area contributed by atoms with Crippen LogP contribution >= 0.6 is 12.2 Å². The van der Waals surface area contributed by atoms with Crippen LogP contribution in [0.4, 0.5) is 10.1 Å². The van der Waals surface area contributed by atoms with E-state index in [-0.39, 0.29) is 22.8 Å². The van der Waals surface area contributed by atoms with Gasteiger partial charge < -0.3 is 20.2 Å². The number of halogens is 1. The molecule has 1 aliphatic heterocycles. The molecule has 9 heteroatoms. The molecule has 3 fully saturated rings. The number of H-pyrrole nitrogens is 2. The lowest BCUT2D eigenvalue weighted by atomic mass is 10.00. The Balaban J connectivity index is 1.08. The average molecular weight is 508 g/mol. The smallest absolute Gasteiger partial charge is 0.267 e. The molecule has 3 N–H and O–H groups in total. The molecular formula is C27H30FN5O2S. The van der Waals surface area contributed by atoms with Crippen LogP contribution in [0.1, 0.15) is 54.2 Å². The first kappa shape index (κ1) is 23.4. The van der Waals surface area contributed by atoms with Gasteiger partial charge in [-0.15, -0.1) is 0 Å². The summed E-state index contributed by atoms with van der Waals surface area (Å²) in [7, 11) is 0. The molecular weight excluding hydrogens is 477 g/mol. The van der Waals surface area contributed by atoms with Crippen LogP contribution in [0, 0.1) is 10.5 Å². The Morgan fingerprint density at radius 3 is 2.58 bits per heavy atom. The standard InChI is InChI=1S/C27H30FN5O2S/c28-20-3-1-2-17-15-22(30-26(35)24(17)20)16-4-7-19(14-16)32-10-12-33(13-11-32)23-9-8-21(31-27(23)36)25(34)29-18-5-6-18/h1-3,8-9,15-16,18-19H,4-7,10-14H2,(H,29,34)(H,30,35)(H,31,36)/t16-,19-/m1/s1. The number of aromatic amines is 2. The third-order valence-electron chi connectivity index (χ3n) is 7.90. The van der Waals surface area contributed by atoms with Crippen LogP contribution in [0.2, 0.25) is 0 Å². The number of aromatic nitrogens is 2. The fraction of sp³-hybridized carbons (Fsp3) is 0.444. The van der Waals surface area contributed by atoms with Crippen molar-refractivity contribution in [2.75, 3.05) is 31.1 Å². The molecule has 2 atom stereocenters. The Morgan fingerprint density at radius 1 is 1.03 bits per heavy atom. The zero-order valence-corrected chi connectivity index (χ0v) is 20.9. The number of hydrogen-bond acceptors (Lipinski definition) is 5. The van der Waals surface area contributed by atoms with Gasteiger partial charge >= 0.3 is 0 Å². The van der Waals surface area contributed by atoms with E-state index in [2.05, 4.69) is 25.1 Å². The summed E-state index contributed by atoms with van der Waals surface area (Å²) in [5.74, 6) is -0.288. The monoisotopic (exact) mass is 507 g/mol. The first-order chi connectivity index (χ1) is 17.5. The number of piperazine rings is 1. The van der Waals surface area contributed by atoms with Gasteiger partial charge in [0.15, 0.2) is 0 Å². The van der Waals surface area contributed by atoms with Crippen LogP contribution in [0.5, 0.6) is 0 Å². The van der Waals surface area contributed by atoms with Crippen molar-refractivity contribution < 1.29 is 9.18 Å². The number of rotatable bonds is 5. The van der Waals surface area contributed by atoms with E-state index >= 15 is 0 Å². The van der Waals surface area contributed by atoms with Crippen molar-refractivity contribution in [1.29, 1.82) is 0 Å². The van der Waals surface area contributed by atoms with Gasteiger partial charge in [0.1, 0.15) is 16.2 Å². The van der Waals surface area contributed by atoms with Gasteiger partial charge in [-0.3, -0.25) is 14.5 Å². The van der Waals surface area contributed by atoms with Crippen LogP contribution in [0.15, 0.2) is 41.2 Å². The minimum absolute atomic E-state index is 0.0892. The second-order valence-electron chi connectivity index (χ2n) is 10.3. The molecule has 1 amide bonds. The summed E-state index contributed by atoms with van der Waals surface area (Å²) in [6.45, 7) is 3.63. The van der Waals surface area contributed by atoms with Crippen LogP contribution in [0.25, 0.3) is 10.8 Å². The summed E-state index contributed by atoms with van der Waals surface area (Å²) >= 11 is 5.58. The molecule has 3 heterocycles. The fourth-order valence-electron chi connectivity index (χ4n) is 5.76. The number of amides is 1. The molecule has 0 unspecified atom stereocenters. The number of pyridine rings is 2. The molecule has 7 nitrogen and oxygen atoms in total. The van der Waals surface area contributed by atoms with Crippen molar-refractivity contribution in [3.63, 3.8) is 0 Å². The number of nitrogens with zero attached hydrogens (tertiary/aromatic N) is 2. The maximum Gasteiger partial charge on any atom is 0.267 e. The summed E-state index contributed by atoms with van der Waals surface area (Å²) in [4.78, 5) is 35.7. The Morgan fingerprint density at radius 2 is 1.83 bits per heavy atom. The van der Waals surface area contributed by atoms with Gasteiger partial charge in [0.25, 0.3) is 11.5 Å². The van der Waals surface area contributed by atoms with E-state index in [0.29, 0.717) is 27.8 Å². The van der Waals surface area contributed by atoms with E-state index in [0.717, 1.165) is 69.7 Å². The van der Waals surface area contributed by atoms with E-state index in [1.54, 1.807) is 12.1 Å². The molecule has 36 heavy (non-hydrogen) atoms. The number of hydrogen-bond donors (Lipinski definition) is 3. The SMILES string of the molecule is O=C(NC1CC1)c1ccc(N2CCN([C@@H]3CC[C@@H](c4cc5cccc(F)c5c(=O)[nH]4)C3)CC2)c(=S)[nH]1. The van der Waals surface area contributed by atoms with Crippen LogP contribution in [-0.4, -0.2) is 59.0 Å². The summed E-state index contributed by atoms with van der Waals surface area (Å²) in [6, 6.07) is 11.3. The molecule has 1 aromatic carbocycles. The lowest BCUT2D eigenvalue weighted by Crippen LogP contribution is -2.50. The van der Waals surface area contributed by atoms with Crippen LogP contribution < -0.4 is 15.8 Å². The van der Waals surface area contributed by atoms with Crippen LogP contribution in [-0.2, 0) is 0 Å². The second-order valence-corrected chi connectivity index (χ2v) is 10.7. The first-order valence-corrected chi connectivity index (χ1v) is 13.2. The first-order valence-electron chi connectivity index (χ1n) is 12.8. The minimum Gasteiger partial charge on any atom is -0.367 e. The Labute approximate surface area is 213 Å². The summed E-state index contributed by atoms with van der Waals surface area (Å²) in [5, 5.41) is 3.80. The van der Waals surface area contributed by atoms with Crippen LogP contribution in [0.3, 0.4) is 0 Å². The van der Waals surface area contributed by atoms with Crippen molar-refractivity contribution >= 4 is 34.6 Å². The van der Waals surface area contributed by atoms with Crippen molar-refractivity contribution in [1.82, 2.24) is 20.2 Å². The molecule has 3 aromatic rings. The highest BCUT2D eigenvalue weighted by Gasteiger charge is 2.33. The van der Waals surface area contributed by atoms with Crippen molar-refractivity contribution in [2.45, 2.75) is 50.1 Å². The molecule has 0 spiro atoms. The molecule has 0 bridgehead atoms. The highest BCUT2D eigenvalue weighted by atomic mass is 32.1. The Hall–Kier alpha value is -3.04. The normalized spacial score (nSPS) is 22.8. The number of benzene rings is 1. The van der Waals surface area contributed by atoms with Gasteiger partial charge in [0.05, 0.1) is 11.1 Å². The highest BCUT2D eigenvalue weighted by molar-refractivity contribution is 7.71. The van der Waals surface area contributed by atoms with Crippen molar-refractivity contribution in [3.8, 4) is 0 Å². The Kier molecular flexibility index (Phi) is 6.13. The van der Waals surface area contributed by atoms with Gasteiger partial charge in [-0.2, -0.15) is 0 Å². The Bertz CT molecular complexity index is 1420. The zero-order valence-electron chi connectivity index (χ0n) is 20.1. The molecule has 2 aliphatic carbocycles.